The lowest BCUT2D eigenvalue weighted by atomic mass is 9.68. The van der Waals surface area contributed by atoms with Crippen molar-refractivity contribution in [1.29, 1.82) is 0 Å². The second-order valence-electron chi connectivity index (χ2n) is 6.88. The summed E-state index contributed by atoms with van der Waals surface area (Å²) in [5.74, 6) is 0.148. The highest BCUT2D eigenvalue weighted by atomic mass is 16.5. The van der Waals surface area contributed by atoms with Gasteiger partial charge in [-0.15, -0.1) is 0 Å². The first-order valence-corrected chi connectivity index (χ1v) is 7.96. The molecule has 4 heteroatoms. The van der Waals surface area contributed by atoms with Crippen LogP contribution in [0.3, 0.4) is 0 Å². The molecule has 2 aromatic rings. The Morgan fingerprint density at radius 3 is 2.64 bits per heavy atom. The van der Waals surface area contributed by atoms with Gasteiger partial charge in [-0.2, -0.15) is 0 Å². The van der Waals surface area contributed by atoms with Gasteiger partial charge in [-0.3, -0.25) is 4.79 Å². The minimum atomic E-state index is -0.639. The maximum Gasteiger partial charge on any atom is 0.318 e. The summed E-state index contributed by atoms with van der Waals surface area (Å²) in [6.45, 7) is 6.58. The summed E-state index contributed by atoms with van der Waals surface area (Å²) in [5.41, 5.74) is 2.78. The average Bonchev–Trinajstić information content (AvgIpc) is 2.88. The summed E-state index contributed by atoms with van der Waals surface area (Å²) >= 11 is 0. The van der Waals surface area contributed by atoms with Gasteiger partial charge in [-0.1, -0.05) is 26.0 Å². The van der Waals surface area contributed by atoms with Crippen molar-refractivity contribution in [2.24, 2.45) is 5.41 Å². The van der Waals surface area contributed by atoms with Crippen LogP contribution in [-0.2, 0) is 14.9 Å². The number of fused-ring (bicyclic) bond motifs is 6. The number of rotatable bonds is 2. The molecule has 2 atom stereocenters. The number of hydrogen-bond acceptors (Lipinski definition) is 4. The second-order valence-corrected chi connectivity index (χ2v) is 6.88. The van der Waals surface area contributed by atoms with Crippen molar-refractivity contribution in [2.75, 3.05) is 6.61 Å². The number of ether oxygens (including phenoxy) is 1. The van der Waals surface area contributed by atoms with Gasteiger partial charge >= 0.3 is 5.97 Å². The van der Waals surface area contributed by atoms with E-state index in [4.69, 9.17) is 14.7 Å². The van der Waals surface area contributed by atoms with Crippen molar-refractivity contribution < 1.29 is 9.53 Å². The van der Waals surface area contributed by atoms with E-state index in [2.05, 4.69) is 13.8 Å². The van der Waals surface area contributed by atoms with E-state index in [1.807, 2.05) is 31.2 Å². The van der Waals surface area contributed by atoms with Crippen molar-refractivity contribution in [1.82, 2.24) is 9.97 Å². The second kappa shape index (κ2) is 4.28. The summed E-state index contributed by atoms with van der Waals surface area (Å²) in [5, 5.41) is 0. The molecule has 114 valence electrons. The van der Waals surface area contributed by atoms with Crippen LogP contribution in [0, 0.1) is 5.41 Å². The Balaban J connectivity index is 2.00. The predicted octanol–water partition coefficient (Wildman–Crippen LogP) is 3.35. The molecule has 2 unspecified atom stereocenters. The zero-order valence-corrected chi connectivity index (χ0v) is 13.2. The molecule has 0 amide bonds. The normalized spacial score (nSPS) is 27.9. The smallest absolute Gasteiger partial charge is 0.318 e. The third kappa shape index (κ3) is 1.40. The fourth-order valence-electron chi connectivity index (χ4n) is 4.53. The molecule has 4 rings (SSSR count). The first-order valence-electron chi connectivity index (χ1n) is 7.96. The molecule has 2 aliphatic carbocycles. The Morgan fingerprint density at radius 2 is 1.95 bits per heavy atom. The van der Waals surface area contributed by atoms with Gasteiger partial charge in [-0.25, -0.2) is 9.97 Å². The monoisotopic (exact) mass is 296 g/mol. The van der Waals surface area contributed by atoms with E-state index < -0.39 is 5.41 Å². The molecular formula is C18H20N2O2. The standard InChI is InChI=1S/C18H20N2O2/c1-4-22-16(21)18-10-9-11(17(18,2)3)14-15(18)20-13-8-6-5-7-12(13)19-14/h5-8,11H,4,9-10H2,1-3H3. The SMILES string of the molecule is CCOC(=O)C12CCC(c3nc4ccccc4nc31)C2(C)C. The minimum Gasteiger partial charge on any atom is -0.465 e. The van der Waals surface area contributed by atoms with E-state index in [0.717, 1.165) is 35.3 Å². The number of esters is 1. The van der Waals surface area contributed by atoms with Gasteiger partial charge in [0.1, 0.15) is 5.41 Å². The molecule has 22 heavy (non-hydrogen) atoms. The molecule has 1 saturated carbocycles. The molecular weight excluding hydrogens is 276 g/mol. The maximum atomic E-state index is 12.8. The molecule has 2 bridgehead atoms. The Hall–Kier alpha value is -1.97. The van der Waals surface area contributed by atoms with Gasteiger partial charge in [0.05, 0.1) is 29.0 Å². The molecule has 0 radical (unpaired) electrons. The molecule has 2 aliphatic rings. The van der Waals surface area contributed by atoms with Crippen molar-refractivity contribution in [3.63, 3.8) is 0 Å². The fraction of sp³-hybridized carbons (Fsp3) is 0.500. The molecule has 1 fully saturated rings. The van der Waals surface area contributed by atoms with Crippen molar-refractivity contribution in [3.05, 3.63) is 35.7 Å². The lowest BCUT2D eigenvalue weighted by Crippen LogP contribution is -2.44. The van der Waals surface area contributed by atoms with Crippen molar-refractivity contribution in [3.8, 4) is 0 Å². The Kier molecular flexibility index (Phi) is 2.66. The molecule has 0 saturated heterocycles. The summed E-state index contributed by atoms with van der Waals surface area (Å²) in [6, 6.07) is 7.88. The van der Waals surface area contributed by atoms with Gasteiger partial charge < -0.3 is 4.74 Å². The van der Waals surface area contributed by atoms with Gasteiger partial charge in [0.15, 0.2) is 0 Å². The molecule has 4 nitrogen and oxygen atoms in total. The number of hydrogen-bond donors (Lipinski definition) is 0. The predicted molar refractivity (Wildman–Crippen MR) is 83.6 cm³/mol. The molecule has 1 aromatic heterocycles. The van der Waals surface area contributed by atoms with Crippen LogP contribution in [0.4, 0.5) is 0 Å². The first kappa shape index (κ1) is 13.7. The number of carbonyl (C=O) groups is 1. The van der Waals surface area contributed by atoms with Crippen molar-refractivity contribution in [2.45, 2.75) is 44.9 Å². The number of aromatic nitrogens is 2. The lowest BCUT2D eigenvalue weighted by Gasteiger charge is -2.35. The Labute approximate surface area is 129 Å². The van der Waals surface area contributed by atoms with Crippen LogP contribution in [-0.4, -0.2) is 22.5 Å². The fourth-order valence-corrected chi connectivity index (χ4v) is 4.53. The largest absolute Gasteiger partial charge is 0.465 e. The van der Waals surface area contributed by atoms with Crippen LogP contribution < -0.4 is 0 Å². The van der Waals surface area contributed by atoms with Gasteiger partial charge in [0.25, 0.3) is 0 Å². The van der Waals surface area contributed by atoms with Crippen LogP contribution in [0.5, 0.6) is 0 Å². The number of benzene rings is 1. The highest BCUT2D eigenvalue weighted by Crippen LogP contribution is 2.67. The van der Waals surface area contributed by atoms with E-state index in [9.17, 15) is 4.79 Å². The topological polar surface area (TPSA) is 52.1 Å². The van der Waals surface area contributed by atoms with Crippen LogP contribution >= 0.6 is 0 Å². The van der Waals surface area contributed by atoms with E-state index in [1.165, 1.54) is 0 Å². The van der Waals surface area contributed by atoms with Gasteiger partial charge in [-0.05, 0) is 37.3 Å². The zero-order chi connectivity index (χ0) is 15.5. The molecule has 1 aromatic carbocycles. The first-order chi connectivity index (χ1) is 10.5. The van der Waals surface area contributed by atoms with Crippen LogP contribution in [0.25, 0.3) is 11.0 Å². The summed E-state index contributed by atoms with van der Waals surface area (Å²) in [6.07, 6.45) is 1.79. The Morgan fingerprint density at radius 1 is 1.27 bits per heavy atom. The van der Waals surface area contributed by atoms with Crippen LogP contribution in [0.1, 0.15) is 50.9 Å². The number of para-hydroxylation sites is 2. The van der Waals surface area contributed by atoms with Crippen molar-refractivity contribution >= 4 is 17.0 Å². The highest BCUT2D eigenvalue weighted by molar-refractivity contribution is 5.88. The number of carbonyl (C=O) groups excluding carboxylic acids is 1. The summed E-state index contributed by atoms with van der Waals surface area (Å²) in [4.78, 5) is 22.5. The molecule has 0 spiro atoms. The zero-order valence-electron chi connectivity index (χ0n) is 13.2. The average molecular weight is 296 g/mol. The van der Waals surface area contributed by atoms with Gasteiger partial charge in [0.2, 0.25) is 0 Å². The van der Waals surface area contributed by atoms with E-state index in [1.54, 1.807) is 0 Å². The quantitative estimate of drug-likeness (QED) is 0.797. The molecule has 0 aliphatic heterocycles. The van der Waals surface area contributed by atoms with E-state index in [0.29, 0.717) is 6.61 Å². The van der Waals surface area contributed by atoms with Crippen LogP contribution in [0.15, 0.2) is 24.3 Å². The van der Waals surface area contributed by atoms with Crippen LogP contribution in [0.2, 0.25) is 0 Å². The summed E-state index contributed by atoms with van der Waals surface area (Å²) in [7, 11) is 0. The molecule has 0 N–H and O–H groups in total. The maximum absolute atomic E-state index is 12.8. The molecule has 1 heterocycles. The lowest BCUT2D eigenvalue weighted by molar-refractivity contribution is -0.154. The van der Waals surface area contributed by atoms with Gasteiger partial charge in [0, 0.05) is 5.92 Å². The third-order valence-electron chi connectivity index (χ3n) is 5.73. The minimum absolute atomic E-state index is 0.133. The summed E-state index contributed by atoms with van der Waals surface area (Å²) < 4.78 is 5.44. The number of nitrogens with zero attached hydrogens (tertiary/aromatic N) is 2. The van der Waals surface area contributed by atoms with E-state index in [-0.39, 0.29) is 17.3 Å². The highest BCUT2D eigenvalue weighted by Gasteiger charge is 2.68. The van der Waals surface area contributed by atoms with E-state index >= 15 is 0 Å². The third-order valence-corrected chi connectivity index (χ3v) is 5.73. The Bertz CT molecular complexity index is 784.